The van der Waals surface area contributed by atoms with Gasteiger partial charge in [-0.2, -0.15) is 0 Å². The Kier molecular flexibility index (Phi) is 10.5. The van der Waals surface area contributed by atoms with Gasteiger partial charge in [-0.25, -0.2) is 4.68 Å². The molecule has 2 atom stereocenters. The zero-order chi connectivity index (χ0) is 25.6. The van der Waals surface area contributed by atoms with Gasteiger partial charge < -0.3 is 19.7 Å². The van der Waals surface area contributed by atoms with Gasteiger partial charge in [0.1, 0.15) is 33.6 Å². The summed E-state index contributed by atoms with van der Waals surface area (Å²) in [5, 5.41) is 27.5. The summed E-state index contributed by atoms with van der Waals surface area (Å²) in [5.41, 5.74) is 2.62. The van der Waals surface area contributed by atoms with Crippen LogP contribution in [0.25, 0.3) is 0 Å². The van der Waals surface area contributed by atoms with Gasteiger partial charge in [0.05, 0.1) is 23.3 Å². The second-order valence-corrected chi connectivity index (χ2v) is 11.5. The van der Waals surface area contributed by atoms with Gasteiger partial charge in [-0.1, -0.05) is 44.2 Å². The molecule has 2 unspecified atom stereocenters. The number of alkyl halides is 1. The maximum Gasteiger partial charge on any atom is 0.132 e. The third-order valence-electron chi connectivity index (χ3n) is 5.73. The summed E-state index contributed by atoms with van der Waals surface area (Å²) < 4.78 is 14.9. The van der Waals surface area contributed by atoms with Crippen molar-refractivity contribution in [3.8, 4) is 11.5 Å². The summed E-state index contributed by atoms with van der Waals surface area (Å²) in [6, 6.07) is 14.3. The van der Waals surface area contributed by atoms with E-state index in [1.165, 1.54) is 5.56 Å². The lowest BCUT2D eigenvalue weighted by atomic mass is 9.78. The van der Waals surface area contributed by atoms with Crippen molar-refractivity contribution in [2.24, 2.45) is 5.92 Å². The lowest BCUT2D eigenvalue weighted by Gasteiger charge is -2.27. The van der Waals surface area contributed by atoms with Gasteiger partial charge in [-0.15, -0.1) is 16.7 Å². The van der Waals surface area contributed by atoms with Gasteiger partial charge in [-0.05, 0) is 80.6 Å². The van der Waals surface area contributed by atoms with Gasteiger partial charge >= 0.3 is 0 Å². The largest absolute Gasteiger partial charge is 0.493 e. The van der Waals surface area contributed by atoms with Crippen LogP contribution in [-0.4, -0.2) is 50.4 Å². The maximum atomic E-state index is 10.4. The number of hydrogen-bond acceptors (Lipinski definition) is 6. The number of aromatic nitrogens is 3. The molecule has 0 radical (unpaired) electrons. The van der Waals surface area contributed by atoms with Crippen LogP contribution in [-0.2, 0) is 18.6 Å². The predicted octanol–water partition coefficient (Wildman–Crippen LogP) is 5.00. The van der Waals surface area contributed by atoms with Crippen LogP contribution in [0.1, 0.15) is 37.6 Å². The first-order chi connectivity index (χ1) is 16.6. The Morgan fingerprint density at radius 2 is 1.80 bits per heavy atom. The molecule has 10 heteroatoms. The van der Waals surface area contributed by atoms with Gasteiger partial charge in [-0.3, -0.25) is 0 Å². The molecule has 1 aromatic heterocycles. The number of ether oxygens (including phenoxy) is 2. The maximum absolute atomic E-state index is 10.4. The Balaban J connectivity index is 1.62. The predicted molar refractivity (Wildman–Crippen MR) is 153 cm³/mol. The molecule has 0 fully saturated rings. The SMILES string of the molecule is CC(CCl)COc1ccc(C(C)(C)c2ccc(OCC(O)Cn3nnc(CO)c3[123I])c(I)c2)cc1. The molecule has 0 saturated heterocycles. The van der Waals surface area contributed by atoms with E-state index in [1.807, 2.05) is 18.2 Å². The highest BCUT2D eigenvalue weighted by Crippen LogP contribution is 2.35. The smallest absolute Gasteiger partial charge is 0.132 e. The van der Waals surface area contributed by atoms with Crippen LogP contribution in [0, 0.1) is 13.2 Å². The Labute approximate surface area is 238 Å². The second kappa shape index (κ2) is 12.9. The van der Waals surface area contributed by atoms with Crippen LogP contribution in [0.15, 0.2) is 42.5 Å². The van der Waals surface area contributed by atoms with E-state index in [2.05, 4.69) is 101 Å². The molecule has 2 N–H and O–H groups in total. The van der Waals surface area contributed by atoms with Crippen molar-refractivity contribution in [1.82, 2.24) is 15.0 Å². The topological polar surface area (TPSA) is 89.6 Å². The van der Waals surface area contributed by atoms with Crippen molar-refractivity contribution in [1.29, 1.82) is 0 Å². The lowest BCUT2D eigenvalue weighted by molar-refractivity contribution is 0.0877. The average Bonchev–Trinajstić information content (AvgIpc) is 3.20. The van der Waals surface area contributed by atoms with Crippen molar-refractivity contribution in [2.75, 3.05) is 19.1 Å². The first kappa shape index (κ1) is 28.4. The van der Waals surface area contributed by atoms with Crippen molar-refractivity contribution >= 4 is 56.8 Å². The molecule has 7 nitrogen and oxygen atoms in total. The number of aliphatic hydroxyl groups excluding tert-OH is 2. The van der Waals surface area contributed by atoms with Crippen LogP contribution < -0.4 is 9.47 Å². The van der Waals surface area contributed by atoms with Crippen LogP contribution in [0.2, 0.25) is 0 Å². The molecule has 35 heavy (non-hydrogen) atoms. The highest BCUT2D eigenvalue weighted by atomic mass is 127. The third-order valence-corrected chi connectivity index (χ3v) is 8.28. The van der Waals surface area contributed by atoms with E-state index in [-0.39, 0.29) is 25.2 Å². The molecule has 0 spiro atoms. The number of benzene rings is 2. The molecule has 2 aromatic carbocycles. The molecule has 0 saturated carbocycles. The minimum absolute atomic E-state index is 0.118. The minimum Gasteiger partial charge on any atom is -0.493 e. The second-order valence-electron chi connectivity index (χ2n) is 9.00. The van der Waals surface area contributed by atoms with E-state index in [9.17, 15) is 10.2 Å². The first-order valence-electron chi connectivity index (χ1n) is 11.2. The Hall–Kier alpha value is -1.15. The monoisotopic (exact) mass is 721 g/mol. The summed E-state index contributed by atoms with van der Waals surface area (Å²) in [4.78, 5) is 0. The molecular weight excluding hydrogens is 692 g/mol. The van der Waals surface area contributed by atoms with Crippen LogP contribution in [0.3, 0.4) is 0 Å². The van der Waals surface area contributed by atoms with Crippen LogP contribution in [0.5, 0.6) is 11.5 Å². The highest BCUT2D eigenvalue weighted by Gasteiger charge is 2.24. The molecule has 190 valence electrons. The van der Waals surface area contributed by atoms with Crippen molar-refractivity contribution < 1.29 is 19.7 Å². The number of nitrogens with zero attached hydrogens (tertiary/aromatic N) is 3. The number of hydrogen-bond donors (Lipinski definition) is 2. The summed E-state index contributed by atoms with van der Waals surface area (Å²) in [6.45, 7) is 7.21. The molecule has 0 aliphatic rings. The molecule has 1 heterocycles. The number of rotatable bonds is 12. The average molecular weight is 722 g/mol. The molecule has 3 rings (SSSR count). The molecule has 3 aromatic rings. The molecule has 0 bridgehead atoms. The summed E-state index contributed by atoms with van der Waals surface area (Å²) >= 11 is 10.2. The molecule has 0 aliphatic carbocycles. The van der Waals surface area contributed by atoms with Crippen LogP contribution in [0.4, 0.5) is 0 Å². The zero-order valence-corrected chi connectivity index (χ0v) is 25.0. The quantitative estimate of drug-likeness (QED) is 0.202. The lowest BCUT2D eigenvalue weighted by Crippen LogP contribution is -2.25. The fourth-order valence-electron chi connectivity index (χ4n) is 3.41. The third kappa shape index (κ3) is 7.43. The van der Waals surface area contributed by atoms with Gasteiger partial charge in [0, 0.05) is 17.2 Å². The van der Waals surface area contributed by atoms with E-state index in [4.69, 9.17) is 21.1 Å². The minimum atomic E-state index is -0.767. The van der Waals surface area contributed by atoms with Gasteiger partial charge in [0.2, 0.25) is 0 Å². The summed E-state index contributed by atoms with van der Waals surface area (Å²) in [6.07, 6.45) is -0.767. The van der Waals surface area contributed by atoms with E-state index < -0.39 is 6.10 Å². The van der Waals surface area contributed by atoms with Gasteiger partial charge in [0.25, 0.3) is 0 Å². The van der Waals surface area contributed by atoms with E-state index in [0.29, 0.717) is 33.5 Å². The van der Waals surface area contributed by atoms with Crippen molar-refractivity contribution in [3.63, 3.8) is 0 Å². The Morgan fingerprint density at radius 3 is 2.40 bits per heavy atom. The Bertz CT molecular complexity index is 1110. The number of aliphatic hydroxyl groups is 2. The normalized spacial score (nSPS) is 13.5. The van der Waals surface area contributed by atoms with Crippen molar-refractivity contribution in [3.05, 3.63) is 66.6 Å². The first-order valence-corrected chi connectivity index (χ1v) is 13.9. The van der Waals surface area contributed by atoms with E-state index in [0.717, 1.165) is 14.9 Å². The van der Waals surface area contributed by atoms with E-state index >= 15 is 0 Å². The summed E-state index contributed by atoms with van der Waals surface area (Å²) in [5.74, 6) is 2.44. The van der Waals surface area contributed by atoms with Gasteiger partial charge in [0.15, 0.2) is 0 Å². The fourth-order valence-corrected chi connectivity index (χ4v) is 4.75. The molecular formula is C25H30ClI2N3O4. The van der Waals surface area contributed by atoms with E-state index in [1.54, 1.807) is 4.68 Å². The standard InChI is InChI=1S/C25H30ClI2N3O4/c1-16(11-26)14-34-20-7-4-17(5-8-20)25(2,3)18-6-9-23(21(27)10-18)35-15-19(33)12-31-24(28)22(13-32)29-30-31/h4-10,16,19,32-33H,11-15H2,1-3H3/i28-4. The summed E-state index contributed by atoms with van der Waals surface area (Å²) in [7, 11) is 0. The van der Waals surface area contributed by atoms with Crippen LogP contribution >= 0.6 is 56.8 Å². The number of halogens is 3. The highest BCUT2D eigenvalue weighted by molar-refractivity contribution is 14.1. The molecule has 0 amide bonds. The Morgan fingerprint density at radius 1 is 1.11 bits per heavy atom. The fraction of sp³-hybridized carbons (Fsp3) is 0.440. The zero-order valence-electron chi connectivity index (χ0n) is 19.9. The van der Waals surface area contributed by atoms with Crippen molar-refractivity contribution in [2.45, 2.75) is 45.4 Å². The molecule has 0 aliphatic heterocycles.